The van der Waals surface area contributed by atoms with Crippen LogP contribution in [0, 0.1) is 0 Å². The molecule has 0 N–H and O–H groups in total. The molecular weight excluding hydrogens is 238 g/mol. The molecule has 0 spiro atoms. The number of hydrogen-bond donors (Lipinski definition) is 0. The summed E-state index contributed by atoms with van der Waals surface area (Å²) in [6.45, 7) is 0. The van der Waals surface area contributed by atoms with Crippen LogP contribution in [0.15, 0.2) is 53.3 Å². The highest BCUT2D eigenvalue weighted by molar-refractivity contribution is 6.27. The molecule has 0 bridgehead atoms. The van der Waals surface area contributed by atoms with Crippen LogP contribution in [0.2, 0.25) is 5.35 Å². The zero-order valence-corrected chi connectivity index (χ0v) is 9.50. The molecule has 0 radical (unpaired) electrons. The van der Waals surface area contributed by atoms with Gasteiger partial charge in [0.15, 0.2) is 5.76 Å². The summed E-state index contributed by atoms with van der Waals surface area (Å²) in [6.07, 6.45) is 5.23. The van der Waals surface area contributed by atoms with E-state index in [0.29, 0.717) is 5.76 Å². The van der Waals surface area contributed by atoms with Crippen LogP contribution < -0.4 is 0 Å². The lowest BCUT2D eigenvalue weighted by molar-refractivity contribution is 0.574. The Morgan fingerprint density at radius 3 is 2.59 bits per heavy atom. The van der Waals surface area contributed by atoms with Crippen LogP contribution in [-0.2, 0) is 0 Å². The topological polar surface area (TPSA) is 43.9 Å². The van der Waals surface area contributed by atoms with Crippen molar-refractivity contribution in [2.45, 2.75) is 0 Å². The average Bonchev–Trinajstić information content (AvgIpc) is 3.00. The van der Waals surface area contributed by atoms with Crippen LogP contribution in [0.5, 0.6) is 0 Å². The molecule has 17 heavy (non-hydrogen) atoms. The van der Waals surface area contributed by atoms with Crippen LogP contribution in [0.4, 0.5) is 0 Å². The second-order valence-electron chi connectivity index (χ2n) is 3.47. The van der Waals surface area contributed by atoms with Gasteiger partial charge in [0, 0.05) is 18.0 Å². The third kappa shape index (κ3) is 1.94. The molecule has 4 nitrogen and oxygen atoms in total. The lowest BCUT2D eigenvalue weighted by Crippen LogP contribution is -1.93. The SMILES string of the molecule is Clc1ncc(-c2ccc(-n3cccn3)cc2)o1. The fourth-order valence-corrected chi connectivity index (χ4v) is 1.72. The molecule has 0 aliphatic rings. The molecule has 0 amide bonds. The Morgan fingerprint density at radius 1 is 1.18 bits per heavy atom. The summed E-state index contributed by atoms with van der Waals surface area (Å²) in [4.78, 5) is 3.85. The molecule has 3 rings (SSSR count). The Morgan fingerprint density at radius 2 is 2.00 bits per heavy atom. The predicted molar refractivity (Wildman–Crippen MR) is 64.1 cm³/mol. The standard InChI is InChI=1S/C12H8ClN3O/c13-12-14-8-11(17-12)9-2-4-10(5-3-9)16-7-1-6-15-16/h1-8H. The fraction of sp³-hybridized carbons (Fsp3) is 0. The van der Waals surface area contributed by atoms with Crippen molar-refractivity contribution in [2.24, 2.45) is 0 Å². The zero-order valence-electron chi connectivity index (χ0n) is 8.75. The molecule has 0 atom stereocenters. The highest BCUT2D eigenvalue weighted by Gasteiger charge is 2.04. The second kappa shape index (κ2) is 4.07. The third-order valence-electron chi connectivity index (χ3n) is 2.40. The van der Waals surface area contributed by atoms with E-state index in [1.54, 1.807) is 17.1 Å². The van der Waals surface area contributed by atoms with Gasteiger partial charge in [0.2, 0.25) is 0 Å². The molecule has 0 fully saturated rings. The molecule has 0 unspecified atom stereocenters. The Balaban J connectivity index is 1.95. The molecule has 0 saturated heterocycles. The summed E-state index contributed by atoms with van der Waals surface area (Å²) >= 11 is 5.63. The molecule has 2 heterocycles. The molecule has 1 aromatic carbocycles. The molecule has 0 aliphatic carbocycles. The maximum atomic E-state index is 5.63. The minimum absolute atomic E-state index is 0.149. The van der Waals surface area contributed by atoms with Crippen LogP contribution in [0.25, 0.3) is 17.0 Å². The number of benzene rings is 1. The largest absolute Gasteiger partial charge is 0.428 e. The first-order valence-electron chi connectivity index (χ1n) is 5.05. The second-order valence-corrected chi connectivity index (χ2v) is 3.80. The van der Waals surface area contributed by atoms with Crippen LogP contribution in [0.3, 0.4) is 0 Å². The Labute approximate surface area is 102 Å². The highest BCUT2D eigenvalue weighted by atomic mass is 35.5. The van der Waals surface area contributed by atoms with Crippen LogP contribution >= 0.6 is 11.6 Å². The summed E-state index contributed by atoms with van der Waals surface area (Å²) in [6, 6.07) is 9.67. The molecule has 5 heteroatoms. The Hall–Kier alpha value is -2.07. The fourth-order valence-electron chi connectivity index (χ4n) is 1.59. The number of hydrogen-bond acceptors (Lipinski definition) is 3. The third-order valence-corrected chi connectivity index (χ3v) is 2.57. The maximum absolute atomic E-state index is 5.63. The lowest BCUT2D eigenvalue weighted by atomic mass is 10.2. The molecular formula is C12H8ClN3O. The van der Waals surface area contributed by atoms with Crippen LogP contribution in [-0.4, -0.2) is 14.8 Å². The predicted octanol–water partition coefficient (Wildman–Crippen LogP) is 3.18. The number of halogens is 1. The molecule has 0 saturated carbocycles. The van der Waals surface area contributed by atoms with Gasteiger partial charge >= 0.3 is 0 Å². The van der Waals surface area contributed by atoms with E-state index in [-0.39, 0.29) is 5.35 Å². The van der Waals surface area contributed by atoms with Gasteiger partial charge in [-0.15, -0.1) is 0 Å². The average molecular weight is 246 g/mol. The Bertz CT molecular complexity index is 614. The van der Waals surface area contributed by atoms with Crippen molar-refractivity contribution < 1.29 is 4.42 Å². The molecule has 3 aromatic rings. The van der Waals surface area contributed by atoms with E-state index < -0.39 is 0 Å². The van der Waals surface area contributed by atoms with E-state index in [2.05, 4.69) is 10.1 Å². The minimum Gasteiger partial charge on any atom is -0.428 e. The summed E-state index contributed by atoms with van der Waals surface area (Å²) in [7, 11) is 0. The van der Waals surface area contributed by atoms with Crippen molar-refractivity contribution in [1.82, 2.24) is 14.8 Å². The smallest absolute Gasteiger partial charge is 0.292 e. The molecule has 2 aromatic heterocycles. The van der Waals surface area contributed by atoms with E-state index >= 15 is 0 Å². The van der Waals surface area contributed by atoms with Gasteiger partial charge in [-0.3, -0.25) is 0 Å². The molecule has 84 valence electrons. The van der Waals surface area contributed by atoms with Gasteiger partial charge in [0.25, 0.3) is 5.35 Å². The van der Waals surface area contributed by atoms with Gasteiger partial charge in [-0.2, -0.15) is 5.10 Å². The summed E-state index contributed by atoms with van der Waals surface area (Å²) < 4.78 is 7.02. The summed E-state index contributed by atoms with van der Waals surface area (Å²) in [5, 5.41) is 4.30. The summed E-state index contributed by atoms with van der Waals surface area (Å²) in [5.41, 5.74) is 1.92. The Kier molecular flexibility index (Phi) is 2.42. The van der Waals surface area contributed by atoms with Gasteiger partial charge in [0.1, 0.15) is 0 Å². The number of aromatic nitrogens is 3. The van der Waals surface area contributed by atoms with Gasteiger partial charge in [-0.1, -0.05) is 0 Å². The minimum atomic E-state index is 0.149. The first-order valence-corrected chi connectivity index (χ1v) is 5.42. The van der Waals surface area contributed by atoms with E-state index in [1.807, 2.05) is 36.5 Å². The van der Waals surface area contributed by atoms with E-state index in [1.165, 1.54) is 0 Å². The van der Waals surface area contributed by atoms with E-state index in [0.717, 1.165) is 11.3 Å². The van der Waals surface area contributed by atoms with Crippen molar-refractivity contribution in [3.63, 3.8) is 0 Å². The first-order chi connectivity index (χ1) is 8.33. The van der Waals surface area contributed by atoms with Crippen LogP contribution in [0.1, 0.15) is 0 Å². The zero-order chi connectivity index (χ0) is 11.7. The van der Waals surface area contributed by atoms with Gasteiger partial charge in [0.05, 0.1) is 11.9 Å². The van der Waals surface area contributed by atoms with Crippen molar-refractivity contribution in [2.75, 3.05) is 0 Å². The summed E-state index contributed by atoms with van der Waals surface area (Å²) in [5.74, 6) is 0.655. The first kappa shape index (κ1) is 10.1. The monoisotopic (exact) mass is 245 g/mol. The van der Waals surface area contributed by atoms with Crippen molar-refractivity contribution in [3.05, 3.63) is 54.3 Å². The number of oxazole rings is 1. The lowest BCUT2D eigenvalue weighted by Gasteiger charge is -2.01. The number of rotatable bonds is 2. The van der Waals surface area contributed by atoms with Crippen molar-refractivity contribution in [3.8, 4) is 17.0 Å². The van der Waals surface area contributed by atoms with E-state index in [9.17, 15) is 0 Å². The highest BCUT2D eigenvalue weighted by Crippen LogP contribution is 2.23. The van der Waals surface area contributed by atoms with Crippen molar-refractivity contribution >= 4 is 11.6 Å². The van der Waals surface area contributed by atoms with E-state index in [4.69, 9.17) is 16.0 Å². The van der Waals surface area contributed by atoms with Gasteiger partial charge in [-0.25, -0.2) is 9.67 Å². The van der Waals surface area contributed by atoms with Gasteiger partial charge < -0.3 is 4.42 Å². The quantitative estimate of drug-likeness (QED) is 0.696. The van der Waals surface area contributed by atoms with Crippen molar-refractivity contribution in [1.29, 1.82) is 0 Å². The molecule has 0 aliphatic heterocycles. The number of nitrogens with zero attached hydrogens (tertiary/aromatic N) is 3. The normalized spacial score (nSPS) is 10.6. The van der Waals surface area contributed by atoms with Gasteiger partial charge in [-0.05, 0) is 41.9 Å². The maximum Gasteiger partial charge on any atom is 0.292 e.